The number of nitrogens with zero attached hydrogens (tertiary/aromatic N) is 3. The van der Waals surface area contributed by atoms with Crippen molar-refractivity contribution in [3.05, 3.63) is 65.7 Å². The lowest BCUT2D eigenvalue weighted by Crippen LogP contribution is -2.48. The fraction of sp³-hybridized carbons (Fsp3) is 0.238. The van der Waals surface area contributed by atoms with E-state index in [9.17, 15) is 9.59 Å². The fourth-order valence-electron chi connectivity index (χ4n) is 2.70. The number of aromatic nitrogens is 2. The fourth-order valence-corrected chi connectivity index (χ4v) is 3.44. The van der Waals surface area contributed by atoms with Crippen LogP contribution < -0.4 is 10.6 Å². The Labute approximate surface area is 173 Å². The number of carbonyl (C=O) groups is 2. The molecular formula is C21H23N5O2S. The van der Waals surface area contributed by atoms with Crippen LogP contribution in [-0.4, -0.2) is 47.2 Å². The van der Waals surface area contributed by atoms with Crippen LogP contribution in [0.4, 0.5) is 9.93 Å². The lowest BCUT2D eigenvalue weighted by Gasteiger charge is -2.20. The van der Waals surface area contributed by atoms with Crippen molar-refractivity contribution in [3.8, 4) is 10.6 Å². The first-order chi connectivity index (χ1) is 13.9. The molecule has 0 saturated heterocycles. The second-order valence-electron chi connectivity index (χ2n) is 6.86. The van der Waals surface area contributed by atoms with Gasteiger partial charge in [-0.25, -0.2) is 4.79 Å². The van der Waals surface area contributed by atoms with Gasteiger partial charge in [0.2, 0.25) is 11.0 Å². The summed E-state index contributed by atoms with van der Waals surface area (Å²) in [5.41, 5.74) is 3.02. The van der Waals surface area contributed by atoms with Gasteiger partial charge in [0.25, 0.3) is 0 Å². The van der Waals surface area contributed by atoms with Gasteiger partial charge in [-0.2, -0.15) is 0 Å². The summed E-state index contributed by atoms with van der Waals surface area (Å²) in [6.45, 7) is 2.01. The number of nitrogens with one attached hydrogen (secondary N) is 2. The smallest absolute Gasteiger partial charge is 0.317 e. The van der Waals surface area contributed by atoms with Crippen LogP contribution in [0.25, 0.3) is 10.6 Å². The Morgan fingerprint density at radius 1 is 1.07 bits per heavy atom. The SMILES string of the molecule is Cc1cccc(-c2nnc(NC(=O)[C@H](Cc3ccccc3)NC(=O)N(C)C)s2)c1. The van der Waals surface area contributed by atoms with Crippen molar-refractivity contribution in [2.45, 2.75) is 19.4 Å². The zero-order chi connectivity index (χ0) is 20.8. The first-order valence-electron chi connectivity index (χ1n) is 9.15. The zero-order valence-corrected chi connectivity index (χ0v) is 17.4. The first kappa shape index (κ1) is 20.5. The molecule has 1 aromatic heterocycles. The summed E-state index contributed by atoms with van der Waals surface area (Å²) in [6, 6.07) is 16.4. The maximum absolute atomic E-state index is 12.9. The second-order valence-corrected chi connectivity index (χ2v) is 7.83. The summed E-state index contributed by atoms with van der Waals surface area (Å²) in [6.07, 6.45) is 0.371. The van der Waals surface area contributed by atoms with E-state index >= 15 is 0 Å². The van der Waals surface area contributed by atoms with Gasteiger partial charge >= 0.3 is 6.03 Å². The molecule has 0 spiro atoms. The molecule has 29 heavy (non-hydrogen) atoms. The van der Waals surface area contributed by atoms with E-state index in [1.165, 1.54) is 16.2 Å². The van der Waals surface area contributed by atoms with Gasteiger partial charge in [0, 0.05) is 26.1 Å². The van der Waals surface area contributed by atoms with Crippen molar-refractivity contribution in [3.63, 3.8) is 0 Å². The van der Waals surface area contributed by atoms with Gasteiger partial charge in [-0.3, -0.25) is 10.1 Å². The predicted molar refractivity (Wildman–Crippen MR) is 115 cm³/mol. The average molecular weight is 410 g/mol. The summed E-state index contributed by atoms with van der Waals surface area (Å²) >= 11 is 1.29. The van der Waals surface area contributed by atoms with Crippen LogP contribution in [0.2, 0.25) is 0 Å². The van der Waals surface area contributed by atoms with Crippen molar-refractivity contribution in [1.29, 1.82) is 0 Å². The van der Waals surface area contributed by atoms with E-state index in [0.29, 0.717) is 11.6 Å². The Morgan fingerprint density at radius 3 is 2.52 bits per heavy atom. The number of rotatable bonds is 6. The molecule has 2 aromatic carbocycles. The lowest BCUT2D eigenvalue weighted by atomic mass is 10.1. The molecule has 0 aliphatic carbocycles. The number of aryl methyl sites for hydroxylation is 1. The Kier molecular flexibility index (Phi) is 6.56. The second kappa shape index (κ2) is 9.29. The molecule has 7 nitrogen and oxygen atoms in total. The van der Waals surface area contributed by atoms with Gasteiger partial charge in [0.05, 0.1) is 0 Å². The molecule has 8 heteroatoms. The van der Waals surface area contributed by atoms with Crippen LogP contribution in [0, 0.1) is 6.92 Å². The van der Waals surface area contributed by atoms with E-state index in [4.69, 9.17) is 0 Å². The molecule has 150 valence electrons. The van der Waals surface area contributed by atoms with Crippen LogP contribution in [-0.2, 0) is 11.2 Å². The highest BCUT2D eigenvalue weighted by atomic mass is 32.1. The molecule has 3 aromatic rings. The van der Waals surface area contributed by atoms with Gasteiger partial charge in [-0.05, 0) is 18.6 Å². The highest BCUT2D eigenvalue weighted by Gasteiger charge is 2.23. The van der Waals surface area contributed by atoms with Crippen molar-refractivity contribution in [2.24, 2.45) is 0 Å². The van der Waals surface area contributed by atoms with Gasteiger partial charge < -0.3 is 10.2 Å². The first-order valence-corrected chi connectivity index (χ1v) is 9.97. The zero-order valence-electron chi connectivity index (χ0n) is 16.5. The third-order valence-corrected chi connectivity index (χ3v) is 5.11. The van der Waals surface area contributed by atoms with Crippen LogP contribution in [0.15, 0.2) is 54.6 Å². The van der Waals surface area contributed by atoms with Crippen molar-refractivity contribution in [1.82, 2.24) is 20.4 Å². The number of hydrogen-bond donors (Lipinski definition) is 2. The molecule has 1 heterocycles. The Hall–Kier alpha value is -3.26. The van der Waals surface area contributed by atoms with E-state index in [-0.39, 0.29) is 11.9 Å². The standard InChI is InChI=1S/C21H23N5O2S/c1-14-8-7-11-16(12-14)19-24-25-20(29-19)23-18(27)17(22-21(28)26(2)3)13-15-9-5-4-6-10-15/h4-12,17H,13H2,1-3H3,(H,22,28)(H,23,25,27)/t17-/m0/s1. The van der Waals surface area contributed by atoms with E-state index in [2.05, 4.69) is 20.8 Å². The van der Waals surface area contributed by atoms with E-state index in [1.54, 1.807) is 14.1 Å². The molecular weight excluding hydrogens is 386 g/mol. The van der Waals surface area contributed by atoms with Crippen LogP contribution >= 0.6 is 11.3 Å². The molecule has 0 fully saturated rings. The summed E-state index contributed by atoms with van der Waals surface area (Å²) in [7, 11) is 3.26. The quantitative estimate of drug-likeness (QED) is 0.654. The van der Waals surface area contributed by atoms with Gasteiger partial charge in [0.1, 0.15) is 11.0 Å². The summed E-state index contributed by atoms with van der Waals surface area (Å²) < 4.78 is 0. The third kappa shape index (κ3) is 5.61. The predicted octanol–water partition coefficient (Wildman–Crippen LogP) is 3.33. The normalized spacial score (nSPS) is 11.6. The molecule has 0 unspecified atom stereocenters. The van der Waals surface area contributed by atoms with Gasteiger partial charge in [-0.15, -0.1) is 10.2 Å². The molecule has 3 amide bonds. The molecule has 0 aliphatic heterocycles. The molecule has 2 N–H and O–H groups in total. The number of urea groups is 1. The number of benzene rings is 2. The molecule has 3 rings (SSSR count). The van der Waals surface area contributed by atoms with Crippen LogP contribution in [0.1, 0.15) is 11.1 Å². The third-order valence-electron chi connectivity index (χ3n) is 4.22. The minimum absolute atomic E-state index is 0.334. The van der Waals surface area contributed by atoms with Crippen LogP contribution in [0.3, 0.4) is 0 Å². The minimum atomic E-state index is -0.737. The molecule has 0 bridgehead atoms. The highest BCUT2D eigenvalue weighted by molar-refractivity contribution is 7.18. The Morgan fingerprint density at radius 2 is 1.83 bits per heavy atom. The largest absolute Gasteiger partial charge is 0.331 e. The average Bonchev–Trinajstić information content (AvgIpc) is 3.16. The topological polar surface area (TPSA) is 87.2 Å². The summed E-state index contributed by atoms with van der Waals surface area (Å²) in [5.74, 6) is -0.337. The molecule has 0 saturated carbocycles. The molecule has 0 aliphatic rings. The molecule has 0 radical (unpaired) electrons. The van der Waals surface area contributed by atoms with Crippen molar-refractivity contribution in [2.75, 3.05) is 19.4 Å². The summed E-state index contributed by atoms with van der Waals surface area (Å²) in [5, 5.41) is 14.9. The van der Waals surface area contributed by atoms with Crippen molar-refractivity contribution >= 4 is 28.4 Å². The maximum Gasteiger partial charge on any atom is 0.317 e. The number of hydrogen-bond acceptors (Lipinski definition) is 5. The Bertz CT molecular complexity index is 988. The van der Waals surface area contributed by atoms with E-state index < -0.39 is 6.04 Å². The maximum atomic E-state index is 12.9. The van der Waals surface area contributed by atoms with Gasteiger partial charge in [0.15, 0.2) is 0 Å². The lowest BCUT2D eigenvalue weighted by molar-refractivity contribution is -0.117. The van der Waals surface area contributed by atoms with E-state index in [0.717, 1.165) is 21.7 Å². The highest BCUT2D eigenvalue weighted by Crippen LogP contribution is 2.27. The minimum Gasteiger partial charge on any atom is -0.331 e. The van der Waals surface area contributed by atoms with Crippen LogP contribution in [0.5, 0.6) is 0 Å². The monoisotopic (exact) mass is 409 g/mol. The molecule has 1 atom stereocenters. The number of amides is 3. The summed E-state index contributed by atoms with van der Waals surface area (Å²) in [4.78, 5) is 26.4. The number of carbonyl (C=O) groups excluding carboxylic acids is 2. The Balaban J connectivity index is 1.74. The van der Waals surface area contributed by atoms with E-state index in [1.807, 2.05) is 61.5 Å². The van der Waals surface area contributed by atoms with Crippen molar-refractivity contribution < 1.29 is 9.59 Å². The number of anilines is 1. The van der Waals surface area contributed by atoms with Gasteiger partial charge in [-0.1, -0.05) is 65.4 Å².